The molecular weight excluding hydrogens is 298 g/mol. The molecule has 0 aliphatic rings. The normalized spacial score (nSPS) is 10.9. The van der Waals surface area contributed by atoms with Crippen molar-refractivity contribution in [3.63, 3.8) is 0 Å². The molecule has 21 heavy (non-hydrogen) atoms. The fraction of sp³-hybridized carbons (Fsp3) is 0.0909. The smallest absolute Gasteiger partial charge is 0.363 e. The first-order valence-electron chi connectivity index (χ1n) is 5.65. The Balaban J connectivity index is 2.26. The maximum atomic E-state index is 11.0. The Hall–Kier alpha value is -2.88. The first-order chi connectivity index (χ1) is 9.99. The number of aromatic nitrogens is 4. The van der Waals surface area contributed by atoms with Gasteiger partial charge in [0.1, 0.15) is 12.5 Å². The van der Waals surface area contributed by atoms with E-state index in [4.69, 9.17) is 5.11 Å². The Kier molecular flexibility index (Phi) is 2.87. The number of thiophene rings is 1. The molecule has 10 heteroatoms. The number of nitro groups is 1. The van der Waals surface area contributed by atoms with Crippen LogP contribution in [0.25, 0.3) is 16.0 Å². The minimum absolute atomic E-state index is 0.314. The Morgan fingerprint density at radius 2 is 2.24 bits per heavy atom. The van der Waals surface area contributed by atoms with Gasteiger partial charge in [0, 0.05) is 0 Å². The van der Waals surface area contributed by atoms with Crippen LogP contribution in [0.4, 0.5) is 5.69 Å². The first-order valence-corrected chi connectivity index (χ1v) is 6.53. The van der Waals surface area contributed by atoms with E-state index in [2.05, 4.69) is 15.1 Å². The van der Waals surface area contributed by atoms with Crippen LogP contribution in [-0.2, 0) is 0 Å². The van der Waals surface area contributed by atoms with Gasteiger partial charge in [-0.1, -0.05) is 0 Å². The van der Waals surface area contributed by atoms with Gasteiger partial charge >= 0.3 is 11.7 Å². The number of carboxylic acids is 1. The maximum absolute atomic E-state index is 11.0. The van der Waals surface area contributed by atoms with Gasteiger partial charge in [-0.2, -0.15) is 5.10 Å². The number of hydrogen-bond acceptors (Lipinski definition) is 7. The van der Waals surface area contributed by atoms with Crippen LogP contribution in [0.5, 0.6) is 0 Å². The van der Waals surface area contributed by atoms with Gasteiger partial charge in [-0.3, -0.25) is 10.1 Å². The fourth-order valence-electron chi connectivity index (χ4n) is 1.88. The van der Waals surface area contributed by atoms with Crippen molar-refractivity contribution >= 4 is 33.2 Å². The molecule has 106 valence electrons. The van der Waals surface area contributed by atoms with Gasteiger partial charge < -0.3 is 5.11 Å². The van der Waals surface area contributed by atoms with E-state index in [1.54, 1.807) is 0 Å². The number of rotatable bonds is 3. The molecule has 0 aliphatic heterocycles. The number of carbonyl (C=O) groups is 1. The minimum Gasteiger partial charge on any atom is -0.476 e. The maximum Gasteiger partial charge on any atom is 0.363 e. The Bertz CT molecular complexity index is 853. The van der Waals surface area contributed by atoms with Crippen molar-refractivity contribution in [3.05, 3.63) is 39.3 Å². The number of nitrogens with zero attached hydrogens (tertiary/aromatic N) is 5. The van der Waals surface area contributed by atoms with Gasteiger partial charge in [0.25, 0.3) is 0 Å². The third-order valence-electron chi connectivity index (χ3n) is 2.82. The molecule has 3 aromatic heterocycles. The zero-order valence-electron chi connectivity index (χ0n) is 10.5. The topological polar surface area (TPSA) is 124 Å². The fourth-order valence-corrected chi connectivity index (χ4v) is 2.86. The lowest BCUT2D eigenvalue weighted by molar-refractivity contribution is -0.385. The molecule has 0 unspecified atom stereocenters. The van der Waals surface area contributed by atoms with Gasteiger partial charge in [-0.05, 0) is 17.9 Å². The van der Waals surface area contributed by atoms with Crippen molar-refractivity contribution in [2.75, 3.05) is 0 Å². The summed E-state index contributed by atoms with van der Waals surface area (Å²) in [5.74, 6) is -1.15. The van der Waals surface area contributed by atoms with Crippen LogP contribution in [0.2, 0.25) is 0 Å². The first kappa shape index (κ1) is 13.1. The second kappa shape index (κ2) is 4.59. The lowest BCUT2D eigenvalue weighted by atomic mass is 10.3. The number of fused-ring (bicyclic) bond motifs is 1. The van der Waals surface area contributed by atoms with Crippen molar-refractivity contribution in [2.24, 2.45) is 0 Å². The summed E-state index contributed by atoms with van der Waals surface area (Å²) in [5, 5.41) is 25.5. The minimum atomic E-state index is -1.46. The highest BCUT2D eigenvalue weighted by atomic mass is 32.1. The number of hydrogen-bond donors (Lipinski definition) is 1. The summed E-state index contributed by atoms with van der Waals surface area (Å²) in [6.45, 7) is 1.88. The molecule has 3 heterocycles. The summed E-state index contributed by atoms with van der Waals surface area (Å²) >= 11 is 1.36. The Morgan fingerprint density at radius 1 is 1.48 bits per heavy atom. The highest BCUT2D eigenvalue weighted by Gasteiger charge is 2.26. The van der Waals surface area contributed by atoms with Crippen LogP contribution in [0.3, 0.4) is 0 Å². The van der Waals surface area contributed by atoms with E-state index in [0.29, 0.717) is 16.0 Å². The lowest BCUT2D eigenvalue weighted by Crippen LogP contribution is -2.04. The quantitative estimate of drug-likeness (QED) is 0.577. The monoisotopic (exact) mass is 305 g/mol. The largest absolute Gasteiger partial charge is 0.476 e. The van der Waals surface area contributed by atoms with E-state index in [-0.39, 0.29) is 0 Å². The summed E-state index contributed by atoms with van der Waals surface area (Å²) in [4.78, 5) is 29.3. The lowest BCUT2D eigenvalue weighted by Gasteiger charge is -2.00. The molecule has 3 aromatic rings. The molecule has 0 amide bonds. The second-order valence-electron chi connectivity index (χ2n) is 4.16. The molecule has 0 saturated heterocycles. The van der Waals surface area contributed by atoms with Crippen molar-refractivity contribution in [1.82, 2.24) is 19.7 Å². The van der Waals surface area contributed by atoms with Crippen molar-refractivity contribution in [3.8, 4) is 5.82 Å². The molecule has 3 rings (SSSR count). The van der Waals surface area contributed by atoms with E-state index in [1.807, 2.05) is 12.3 Å². The van der Waals surface area contributed by atoms with Gasteiger partial charge in [-0.25, -0.2) is 19.4 Å². The molecule has 0 aromatic carbocycles. The highest BCUT2D eigenvalue weighted by Crippen LogP contribution is 2.28. The zero-order chi connectivity index (χ0) is 15.1. The van der Waals surface area contributed by atoms with Crippen molar-refractivity contribution < 1.29 is 14.8 Å². The molecule has 1 N–H and O–H groups in total. The van der Waals surface area contributed by atoms with Crippen molar-refractivity contribution in [2.45, 2.75) is 6.92 Å². The van der Waals surface area contributed by atoms with Crippen LogP contribution in [0.15, 0.2) is 17.9 Å². The standard InChI is InChI=1S/C11H7N5O4S/c1-5-3-21-9-7(5)12-4-13-10(9)15-2-6(16(19)20)8(14-15)11(17)18/h2-4H,1H3,(H,17,18). The number of aromatic carboxylic acids is 1. The molecule has 0 spiro atoms. The van der Waals surface area contributed by atoms with E-state index in [0.717, 1.165) is 16.4 Å². The Labute approximate surface area is 120 Å². The van der Waals surface area contributed by atoms with Crippen molar-refractivity contribution in [1.29, 1.82) is 0 Å². The zero-order valence-corrected chi connectivity index (χ0v) is 11.4. The Morgan fingerprint density at radius 3 is 2.86 bits per heavy atom. The third-order valence-corrected chi connectivity index (χ3v) is 3.91. The third kappa shape index (κ3) is 2.01. The molecule has 0 saturated carbocycles. The molecular formula is C11H7N5O4S. The van der Waals surface area contributed by atoms with Gasteiger partial charge in [0.05, 0.1) is 15.1 Å². The summed E-state index contributed by atoms with van der Waals surface area (Å²) in [6, 6.07) is 0. The number of aryl methyl sites for hydroxylation is 1. The van der Waals surface area contributed by atoms with Gasteiger partial charge in [0.15, 0.2) is 5.82 Å². The van der Waals surface area contributed by atoms with Crippen LogP contribution < -0.4 is 0 Å². The number of carboxylic acid groups (broad SMARTS) is 1. The molecule has 0 radical (unpaired) electrons. The van der Waals surface area contributed by atoms with Crippen LogP contribution >= 0.6 is 11.3 Å². The summed E-state index contributed by atoms with van der Waals surface area (Å²) in [7, 11) is 0. The predicted octanol–water partition coefficient (Wildman–Crippen LogP) is 1.79. The van der Waals surface area contributed by atoms with E-state index in [1.165, 1.54) is 17.7 Å². The summed E-state index contributed by atoms with van der Waals surface area (Å²) in [6.07, 6.45) is 2.35. The highest BCUT2D eigenvalue weighted by molar-refractivity contribution is 7.17. The van der Waals surface area contributed by atoms with Gasteiger partial charge in [0.2, 0.25) is 5.69 Å². The van der Waals surface area contributed by atoms with Crippen LogP contribution in [-0.4, -0.2) is 35.7 Å². The SMILES string of the molecule is Cc1csc2c(-n3cc([N+](=O)[O-])c(C(=O)O)n3)ncnc12. The average molecular weight is 305 g/mol. The molecule has 9 nitrogen and oxygen atoms in total. The second-order valence-corrected chi connectivity index (χ2v) is 5.04. The predicted molar refractivity (Wildman–Crippen MR) is 72.9 cm³/mol. The molecule has 0 bridgehead atoms. The average Bonchev–Trinajstić information content (AvgIpc) is 3.03. The molecule has 0 atom stereocenters. The van der Waals surface area contributed by atoms with E-state index in [9.17, 15) is 14.9 Å². The van der Waals surface area contributed by atoms with E-state index < -0.39 is 22.3 Å². The summed E-state index contributed by atoms with van der Waals surface area (Å²) in [5.41, 5.74) is 0.446. The van der Waals surface area contributed by atoms with E-state index >= 15 is 0 Å². The van der Waals surface area contributed by atoms with Crippen LogP contribution in [0, 0.1) is 17.0 Å². The molecule has 0 aliphatic carbocycles. The van der Waals surface area contributed by atoms with Gasteiger partial charge in [-0.15, -0.1) is 11.3 Å². The van der Waals surface area contributed by atoms with Crippen LogP contribution in [0.1, 0.15) is 16.1 Å². The summed E-state index contributed by atoms with van der Waals surface area (Å²) < 4.78 is 1.78. The molecule has 0 fully saturated rings.